The largest absolute Gasteiger partial charge is 0.478 e. The molecule has 1 atom stereocenters. The maximum absolute atomic E-state index is 11.4. The van der Waals surface area contributed by atoms with Crippen LogP contribution in [0.3, 0.4) is 0 Å². The molecule has 21 heavy (non-hydrogen) atoms. The van der Waals surface area contributed by atoms with Crippen molar-refractivity contribution in [3.8, 4) is 0 Å². The molecular weight excluding hydrogens is 264 g/mol. The van der Waals surface area contributed by atoms with E-state index in [1.807, 2.05) is 25.1 Å². The van der Waals surface area contributed by atoms with Gasteiger partial charge >= 0.3 is 5.97 Å². The van der Waals surface area contributed by atoms with Crippen LogP contribution >= 0.6 is 0 Å². The minimum atomic E-state index is -0.949. The third-order valence-corrected chi connectivity index (χ3v) is 3.51. The number of aromatic carboxylic acids is 1. The first-order valence-corrected chi connectivity index (χ1v) is 6.99. The summed E-state index contributed by atoms with van der Waals surface area (Å²) >= 11 is 0. The van der Waals surface area contributed by atoms with Gasteiger partial charge < -0.3 is 10.4 Å². The maximum atomic E-state index is 11.4. The van der Waals surface area contributed by atoms with E-state index < -0.39 is 5.97 Å². The molecule has 0 aliphatic rings. The van der Waals surface area contributed by atoms with Crippen LogP contribution in [-0.4, -0.2) is 22.6 Å². The number of carboxylic acid groups (broad SMARTS) is 1. The number of aryl methyl sites for hydroxylation is 2. The highest BCUT2D eigenvalue weighted by atomic mass is 16.4. The topological polar surface area (TPSA) is 62.2 Å². The highest BCUT2D eigenvalue weighted by molar-refractivity contribution is 5.95. The van der Waals surface area contributed by atoms with Gasteiger partial charge in [0.25, 0.3) is 0 Å². The quantitative estimate of drug-likeness (QED) is 0.880. The van der Waals surface area contributed by atoms with Crippen molar-refractivity contribution in [1.29, 1.82) is 0 Å². The zero-order chi connectivity index (χ0) is 15.4. The molecule has 0 saturated heterocycles. The molecule has 1 heterocycles. The van der Waals surface area contributed by atoms with Crippen molar-refractivity contribution < 1.29 is 9.90 Å². The average Bonchev–Trinajstić information content (AvgIpc) is 2.44. The lowest BCUT2D eigenvalue weighted by Gasteiger charge is -2.16. The van der Waals surface area contributed by atoms with Gasteiger partial charge in [-0.25, -0.2) is 4.79 Å². The van der Waals surface area contributed by atoms with Crippen LogP contribution in [0.25, 0.3) is 0 Å². The first-order chi connectivity index (χ1) is 9.99. The molecule has 0 spiro atoms. The van der Waals surface area contributed by atoms with Crippen LogP contribution in [0.15, 0.2) is 36.4 Å². The number of benzene rings is 1. The number of hydrogen-bond donors (Lipinski definition) is 2. The van der Waals surface area contributed by atoms with Gasteiger partial charge in [0.2, 0.25) is 0 Å². The van der Waals surface area contributed by atoms with Crippen molar-refractivity contribution in [3.63, 3.8) is 0 Å². The fraction of sp³-hybridized carbons (Fsp3) is 0.294. The van der Waals surface area contributed by atoms with E-state index in [9.17, 15) is 9.90 Å². The predicted molar refractivity (Wildman–Crippen MR) is 84.0 cm³/mol. The summed E-state index contributed by atoms with van der Waals surface area (Å²) in [5.41, 5.74) is 3.46. The van der Waals surface area contributed by atoms with E-state index in [0.717, 1.165) is 5.69 Å². The molecule has 4 nitrogen and oxygen atoms in total. The molecule has 4 heteroatoms. The molecular formula is C17H20N2O2. The summed E-state index contributed by atoms with van der Waals surface area (Å²) in [7, 11) is 0. The molecule has 1 unspecified atom stereocenters. The second-order valence-corrected chi connectivity index (χ2v) is 5.27. The SMILES string of the molecule is Cc1cc(NCC(C)c2ccccc2)c(C(=O)O)c(C)n1. The van der Waals surface area contributed by atoms with Crippen molar-refractivity contribution >= 4 is 11.7 Å². The molecule has 1 aromatic heterocycles. The number of carbonyl (C=O) groups is 1. The van der Waals surface area contributed by atoms with Crippen LogP contribution in [0.5, 0.6) is 0 Å². The molecule has 0 bridgehead atoms. The van der Waals surface area contributed by atoms with Crippen molar-refractivity contribution in [2.45, 2.75) is 26.7 Å². The molecule has 110 valence electrons. The maximum Gasteiger partial charge on any atom is 0.339 e. The van der Waals surface area contributed by atoms with Crippen molar-refractivity contribution in [2.24, 2.45) is 0 Å². The number of aromatic nitrogens is 1. The Balaban J connectivity index is 2.18. The average molecular weight is 284 g/mol. The van der Waals surface area contributed by atoms with E-state index in [0.29, 0.717) is 23.8 Å². The molecule has 0 saturated carbocycles. The molecule has 2 rings (SSSR count). The zero-order valence-electron chi connectivity index (χ0n) is 12.6. The molecule has 0 fully saturated rings. The summed E-state index contributed by atoms with van der Waals surface area (Å²) in [4.78, 5) is 15.6. The summed E-state index contributed by atoms with van der Waals surface area (Å²) in [5.74, 6) is -0.656. The Morgan fingerprint density at radius 1 is 1.29 bits per heavy atom. The van der Waals surface area contributed by atoms with Gasteiger partial charge in [-0.2, -0.15) is 0 Å². The van der Waals surface area contributed by atoms with Crippen LogP contribution in [0, 0.1) is 13.8 Å². The van der Waals surface area contributed by atoms with Gasteiger partial charge in [-0.15, -0.1) is 0 Å². The fourth-order valence-corrected chi connectivity index (χ4v) is 2.40. The van der Waals surface area contributed by atoms with Crippen LogP contribution in [0.2, 0.25) is 0 Å². The van der Waals surface area contributed by atoms with Crippen LogP contribution in [0.1, 0.15) is 40.2 Å². The molecule has 0 amide bonds. The van der Waals surface area contributed by atoms with Gasteiger partial charge in [0.05, 0.1) is 11.4 Å². The van der Waals surface area contributed by atoms with Gasteiger partial charge in [-0.05, 0) is 31.4 Å². The van der Waals surface area contributed by atoms with Crippen molar-refractivity contribution in [2.75, 3.05) is 11.9 Å². The minimum absolute atomic E-state index is 0.251. The monoisotopic (exact) mass is 284 g/mol. The van der Waals surface area contributed by atoms with Gasteiger partial charge in [0.15, 0.2) is 0 Å². The Kier molecular flexibility index (Phi) is 4.58. The van der Waals surface area contributed by atoms with Crippen molar-refractivity contribution in [3.05, 3.63) is 58.9 Å². The predicted octanol–water partition coefficient (Wildman–Crippen LogP) is 3.61. The van der Waals surface area contributed by atoms with E-state index in [-0.39, 0.29) is 5.56 Å². The Labute approximate surface area is 124 Å². The number of nitrogens with one attached hydrogen (secondary N) is 1. The molecule has 2 N–H and O–H groups in total. The summed E-state index contributed by atoms with van der Waals surface area (Å²) in [6.07, 6.45) is 0. The van der Waals surface area contributed by atoms with E-state index in [1.54, 1.807) is 13.0 Å². The van der Waals surface area contributed by atoms with Gasteiger partial charge in [-0.3, -0.25) is 4.98 Å². The lowest BCUT2D eigenvalue weighted by molar-refractivity contribution is 0.0696. The highest BCUT2D eigenvalue weighted by Gasteiger charge is 2.16. The highest BCUT2D eigenvalue weighted by Crippen LogP contribution is 2.22. The lowest BCUT2D eigenvalue weighted by atomic mass is 10.0. The van der Waals surface area contributed by atoms with E-state index >= 15 is 0 Å². The number of rotatable bonds is 5. The number of carboxylic acids is 1. The number of pyridine rings is 1. The fourth-order valence-electron chi connectivity index (χ4n) is 2.40. The summed E-state index contributed by atoms with van der Waals surface area (Å²) in [6, 6.07) is 11.9. The standard InChI is InChI=1S/C17H20N2O2/c1-11(14-7-5-4-6-8-14)10-18-15-9-12(2)19-13(3)16(15)17(20)21/h4-9,11H,10H2,1-3H3,(H,18,19)(H,20,21). The Morgan fingerprint density at radius 2 is 1.95 bits per heavy atom. The summed E-state index contributed by atoms with van der Waals surface area (Å²) in [5, 5.41) is 12.6. The minimum Gasteiger partial charge on any atom is -0.478 e. The first-order valence-electron chi connectivity index (χ1n) is 6.99. The second kappa shape index (κ2) is 6.39. The smallest absolute Gasteiger partial charge is 0.339 e. The van der Waals surface area contributed by atoms with Gasteiger partial charge in [-0.1, -0.05) is 37.3 Å². The third kappa shape index (κ3) is 3.60. The molecule has 1 aromatic carbocycles. The summed E-state index contributed by atoms with van der Waals surface area (Å²) < 4.78 is 0. The van der Waals surface area contributed by atoms with Gasteiger partial charge in [0.1, 0.15) is 5.56 Å². The third-order valence-electron chi connectivity index (χ3n) is 3.51. The Hall–Kier alpha value is -2.36. The lowest BCUT2D eigenvalue weighted by Crippen LogP contribution is -2.14. The van der Waals surface area contributed by atoms with E-state index in [2.05, 4.69) is 29.4 Å². The Bertz CT molecular complexity index is 639. The van der Waals surface area contributed by atoms with Crippen LogP contribution < -0.4 is 5.32 Å². The normalized spacial score (nSPS) is 12.0. The van der Waals surface area contributed by atoms with E-state index in [4.69, 9.17) is 0 Å². The number of anilines is 1. The molecule has 0 aliphatic carbocycles. The molecule has 0 radical (unpaired) electrons. The first kappa shape index (κ1) is 15.0. The zero-order valence-corrected chi connectivity index (χ0v) is 12.6. The van der Waals surface area contributed by atoms with E-state index in [1.165, 1.54) is 5.56 Å². The number of hydrogen-bond acceptors (Lipinski definition) is 3. The molecule has 2 aromatic rings. The Morgan fingerprint density at radius 3 is 2.57 bits per heavy atom. The van der Waals surface area contributed by atoms with Crippen molar-refractivity contribution in [1.82, 2.24) is 4.98 Å². The second-order valence-electron chi connectivity index (χ2n) is 5.27. The number of nitrogens with zero attached hydrogens (tertiary/aromatic N) is 1. The molecule has 0 aliphatic heterocycles. The van der Waals surface area contributed by atoms with Gasteiger partial charge in [0, 0.05) is 12.2 Å². The summed E-state index contributed by atoms with van der Waals surface area (Å²) in [6.45, 7) is 6.38. The van der Waals surface area contributed by atoms with Crippen LogP contribution in [-0.2, 0) is 0 Å². The van der Waals surface area contributed by atoms with Crippen LogP contribution in [0.4, 0.5) is 5.69 Å².